The van der Waals surface area contributed by atoms with E-state index in [9.17, 15) is 4.79 Å². The van der Waals surface area contributed by atoms with Gasteiger partial charge in [0.25, 0.3) is 0 Å². The third-order valence-electron chi connectivity index (χ3n) is 1.92. The minimum absolute atomic E-state index is 0. The van der Waals surface area contributed by atoms with Crippen molar-refractivity contribution in [2.75, 3.05) is 0 Å². The zero-order chi connectivity index (χ0) is 10.6. The summed E-state index contributed by atoms with van der Waals surface area (Å²) in [5.41, 5.74) is 5.67. The van der Waals surface area contributed by atoms with Gasteiger partial charge in [0.1, 0.15) is 5.01 Å². The van der Waals surface area contributed by atoms with E-state index in [2.05, 4.69) is 10.3 Å². The van der Waals surface area contributed by atoms with E-state index in [1.807, 2.05) is 19.2 Å². The van der Waals surface area contributed by atoms with Crippen LogP contribution in [0.1, 0.15) is 18.9 Å². The molecule has 0 spiro atoms. The second kappa shape index (κ2) is 6.76. The quantitative estimate of drug-likeness (QED) is 0.842. The van der Waals surface area contributed by atoms with Crippen molar-refractivity contribution in [2.45, 2.75) is 26.4 Å². The van der Waals surface area contributed by atoms with Gasteiger partial charge in [0, 0.05) is 11.6 Å². The van der Waals surface area contributed by atoms with Crippen LogP contribution >= 0.6 is 23.7 Å². The molecule has 0 saturated heterocycles. The van der Waals surface area contributed by atoms with Crippen LogP contribution in [0.5, 0.6) is 0 Å². The highest BCUT2D eigenvalue weighted by Crippen LogP contribution is 2.03. The first-order valence-electron chi connectivity index (χ1n) is 4.53. The first-order chi connectivity index (χ1) is 6.61. The molecular weight excluding hydrogens is 234 g/mol. The van der Waals surface area contributed by atoms with Gasteiger partial charge in [-0.1, -0.05) is 13.8 Å². The number of hydrogen-bond donors (Lipinski definition) is 2. The molecule has 0 unspecified atom stereocenters. The smallest absolute Gasteiger partial charge is 0.237 e. The lowest BCUT2D eigenvalue weighted by Gasteiger charge is -2.14. The van der Waals surface area contributed by atoms with Crippen molar-refractivity contribution in [3.63, 3.8) is 0 Å². The molecule has 0 fully saturated rings. The molecule has 86 valence electrons. The van der Waals surface area contributed by atoms with Gasteiger partial charge in [-0.25, -0.2) is 4.98 Å². The molecule has 1 amide bonds. The molecule has 0 aliphatic carbocycles. The number of rotatable bonds is 4. The van der Waals surface area contributed by atoms with Gasteiger partial charge in [-0.05, 0) is 5.92 Å². The van der Waals surface area contributed by atoms with Crippen LogP contribution < -0.4 is 11.1 Å². The number of carbonyl (C=O) groups is 1. The zero-order valence-corrected chi connectivity index (χ0v) is 10.4. The van der Waals surface area contributed by atoms with E-state index in [1.54, 1.807) is 6.20 Å². The maximum absolute atomic E-state index is 11.4. The van der Waals surface area contributed by atoms with Gasteiger partial charge in [0.05, 0.1) is 12.6 Å². The Balaban J connectivity index is 0.00000196. The Labute approximate surface area is 99.7 Å². The van der Waals surface area contributed by atoms with Gasteiger partial charge in [-0.3, -0.25) is 4.79 Å². The standard InChI is InChI=1S/C9H15N3OS.ClH/c1-6(2)8(10)9(13)12-5-7-11-3-4-14-7;/h3-4,6,8H,5,10H2,1-2H3,(H,12,13);1H/t8-;/m0./s1. The Bertz CT molecular complexity index is 290. The predicted molar refractivity (Wildman–Crippen MR) is 64.0 cm³/mol. The molecule has 4 nitrogen and oxygen atoms in total. The average molecular weight is 250 g/mol. The topological polar surface area (TPSA) is 68.0 Å². The predicted octanol–water partition coefficient (Wildman–Crippen LogP) is 1.16. The van der Waals surface area contributed by atoms with Gasteiger partial charge in [0.15, 0.2) is 0 Å². The maximum Gasteiger partial charge on any atom is 0.237 e. The van der Waals surface area contributed by atoms with Crippen molar-refractivity contribution < 1.29 is 4.79 Å². The molecule has 1 aromatic heterocycles. The number of thiazole rings is 1. The molecule has 0 bridgehead atoms. The number of carbonyl (C=O) groups excluding carboxylic acids is 1. The zero-order valence-electron chi connectivity index (χ0n) is 8.77. The number of aromatic nitrogens is 1. The van der Waals surface area contributed by atoms with Crippen molar-refractivity contribution in [1.82, 2.24) is 10.3 Å². The Morgan fingerprint density at radius 3 is 2.80 bits per heavy atom. The summed E-state index contributed by atoms with van der Waals surface area (Å²) < 4.78 is 0. The van der Waals surface area contributed by atoms with Gasteiger partial charge < -0.3 is 11.1 Å². The van der Waals surface area contributed by atoms with E-state index >= 15 is 0 Å². The van der Waals surface area contributed by atoms with Crippen LogP contribution in [0, 0.1) is 5.92 Å². The summed E-state index contributed by atoms with van der Waals surface area (Å²) in [7, 11) is 0. The highest BCUT2D eigenvalue weighted by Gasteiger charge is 2.16. The molecule has 1 heterocycles. The molecule has 0 aliphatic heterocycles. The molecule has 0 saturated carbocycles. The summed E-state index contributed by atoms with van der Waals surface area (Å²) >= 11 is 1.52. The Kier molecular flexibility index (Phi) is 6.47. The molecule has 15 heavy (non-hydrogen) atoms. The maximum atomic E-state index is 11.4. The first kappa shape index (κ1) is 14.3. The molecule has 3 N–H and O–H groups in total. The third-order valence-corrected chi connectivity index (χ3v) is 2.70. The van der Waals surface area contributed by atoms with Gasteiger partial charge in [-0.2, -0.15) is 0 Å². The van der Waals surface area contributed by atoms with Gasteiger partial charge >= 0.3 is 0 Å². The van der Waals surface area contributed by atoms with Crippen LogP contribution in [0.3, 0.4) is 0 Å². The van der Waals surface area contributed by atoms with E-state index < -0.39 is 6.04 Å². The van der Waals surface area contributed by atoms with Crippen molar-refractivity contribution in [1.29, 1.82) is 0 Å². The number of nitrogens with one attached hydrogen (secondary N) is 1. The molecule has 1 rings (SSSR count). The molecule has 6 heteroatoms. The van der Waals surface area contributed by atoms with Gasteiger partial charge in [-0.15, -0.1) is 23.7 Å². The van der Waals surface area contributed by atoms with E-state index in [4.69, 9.17) is 5.73 Å². The number of hydrogen-bond acceptors (Lipinski definition) is 4. The minimum atomic E-state index is -0.435. The summed E-state index contributed by atoms with van der Waals surface area (Å²) in [5.74, 6) is 0.0431. The van der Waals surface area contributed by atoms with E-state index in [0.29, 0.717) is 6.54 Å². The van der Waals surface area contributed by atoms with Crippen LogP contribution in [0.2, 0.25) is 0 Å². The SMILES string of the molecule is CC(C)[C@H](N)C(=O)NCc1nccs1.Cl. The molecular formula is C9H16ClN3OS. The van der Waals surface area contributed by atoms with Crippen LogP contribution in [-0.4, -0.2) is 16.9 Å². The molecule has 0 radical (unpaired) electrons. The van der Waals surface area contributed by atoms with Crippen LogP contribution in [0.25, 0.3) is 0 Å². The monoisotopic (exact) mass is 249 g/mol. The fourth-order valence-corrected chi connectivity index (χ4v) is 1.48. The lowest BCUT2D eigenvalue weighted by molar-refractivity contribution is -0.123. The normalized spacial score (nSPS) is 12.0. The minimum Gasteiger partial charge on any atom is -0.348 e. The van der Waals surface area contributed by atoms with E-state index in [1.165, 1.54) is 11.3 Å². The number of nitrogens with two attached hydrogens (primary N) is 1. The van der Waals surface area contributed by atoms with Crippen molar-refractivity contribution in [2.24, 2.45) is 11.7 Å². The fraction of sp³-hybridized carbons (Fsp3) is 0.556. The largest absolute Gasteiger partial charge is 0.348 e. The summed E-state index contributed by atoms with van der Waals surface area (Å²) in [5, 5.41) is 5.53. The Hall–Kier alpha value is -0.650. The lowest BCUT2D eigenvalue weighted by atomic mass is 10.1. The third kappa shape index (κ3) is 4.59. The van der Waals surface area contributed by atoms with Gasteiger partial charge in [0.2, 0.25) is 5.91 Å². The average Bonchev–Trinajstić information content (AvgIpc) is 2.65. The number of amides is 1. The lowest BCUT2D eigenvalue weighted by Crippen LogP contribution is -2.43. The molecule has 1 aromatic rings. The van der Waals surface area contributed by atoms with Crippen LogP contribution in [-0.2, 0) is 11.3 Å². The summed E-state index contributed by atoms with van der Waals surface area (Å²) in [6.07, 6.45) is 1.72. The highest BCUT2D eigenvalue weighted by molar-refractivity contribution is 7.09. The van der Waals surface area contributed by atoms with Crippen molar-refractivity contribution in [3.05, 3.63) is 16.6 Å². The summed E-state index contributed by atoms with van der Waals surface area (Å²) in [4.78, 5) is 15.5. The summed E-state index contributed by atoms with van der Waals surface area (Å²) in [6, 6.07) is -0.435. The summed E-state index contributed by atoms with van der Waals surface area (Å²) in [6.45, 7) is 4.32. The van der Waals surface area contributed by atoms with Crippen molar-refractivity contribution >= 4 is 29.7 Å². The molecule has 1 atom stereocenters. The van der Waals surface area contributed by atoms with E-state index in [0.717, 1.165) is 5.01 Å². The second-order valence-electron chi connectivity index (χ2n) is 3.41. The second-order valence-corrected chi connectivity index (χ2v) is 4.39. The number of nitrogens with zero attached hydrogens (tertiary/aromatic N) is 1. The van der Waals surface area contributed by atoms with Crippen LogP contribution in [0.4, 0.5) is 0 Å². The van der Waals surface area contributed by atoms with Crippen molar-refractivity contribution in [3.8, 4) is 0 Å². The Morgan fingerprint density at radius 2 is 2.33 bits per heavy atom. The first-order valence-corrected chi connectivity index (χ1v) is 5.41. The number of halogens is 1. The molecule has 0 aliphatic rings. The van der Waals surface area contributed by atoms with E-state index in [-0.39, 0.29) is 24.2 Å². The Morgan fingerprint density at radius 1 is 1.67 bits per heavy atom. The highest BCUT2D eigenvalue weighted by atomic mass is 35.5. The van der Waals surface area contributed by atoms with Crippen LogP contribution in [0.15, 0.2) is 11.6 Å². The molecule has 0 aromatic carbocycles. The fourth-order valence-electron chi connectivity index (χ4n) is 0.924.